The van der Waals surface area contributed by atoms with Gasteiger partial charge in [0, 0.05) is 17.2 Å². The van der Waals surface area contributed by atoms with E-state index in [9.17, 15) is 0 Å². The first kappa shape index (κ1) is 13.4. The van der Waals surface area contributed by atoms with Crippen molar-refractivity contribution in [2.24, 2.45) is 5.92 Å². The van der Waals surface area contributed by atoms with E-state index in [1.54, 1.807) is 7.11 Å². The molecule has 2 aromatic rings. The third kappa shape index (κ3) is 2.02. The zero-order valence-corrected chi connectivity index (χ0v) is 13.0. The number of allylic oxidation sites excluding steroid dienone is 2. The monoisotopic (exact) mass is 291 g/mol. The van der Waals surface area contributed by atoms with E-state index in [1.165, 1.54) is 22.4 Å². The maximum atomic E-state index is 5.59. The van der Waals surface area contributed by atoms with E-state index in [0.717, 1.165) is 12.2 Å². The van der Waals surface area contributed by atoms with Crippen molar-refractivity contribution in [1.82, 2.24) is 0 Å². The second-order valence-electron chi connectivity index (χ2n) is 6.31. The van der Waals surface area contributed by atoms with Crippen molar-refractivity contribution in [2.75, 3.05) is 12.4 Å². The van der Waals surface area contributed by atoms with Gasteiger partial charge in [0.25, 0.3) is 0 Å². The smallest absolute Gasteiger partial charge is 0.124 e. The summed E-state index contributed by atoms with van der Waals surface area (Å²) in [5.41, 5.74) is 5.28. The SMILES string of the molecule is COc1ccccc1C1Nc2ccc(C)cc2C2C=CCC21. The number of methoxy groups -OCH3 is 1. The fraction of sp³-hybridized carbons (Fsp3) is 0.300. The van der Waals surface area contributed by atoms with Gasteiger partial charge in [-0.1, -0.05) is 48.0 Å². The van der Waals surface area contributed by atoms with E-state index in [4.69, 9.17) is 4.74 Å². The van der Waals surface area contributed by atoms with Crippen LogP contribution in [0.3, 0.4) is 0 Å². The van der Waals surface area contributed by atoms with Gasteiger partial charge in [-0.05, 0) is 37.0 Å². The Kier molecular flexibility index (Phi) is 3.18. The Morgan fingerprint density at radius 2 is 1.95 bits per heavy atom. The van der Waals surface area contributed by atoms with Crippen LogP contribution in [-0.2, 0) is 0 Å². The van der Waals surface area contributed by atoms with Gasteiger partial charge in [-0.25, -0.2) is 0 Å². The number of fused-ring (bicyclic) bond motifs is 3. The minimum Gasteiger partial charge on any atom is -0.496 e. The van der Waals surface area contributed by atoms with E-state index in [1.807, 2.05) is 6.07 Å². The highest BCUT2D eigenvalue weighted by Gasteiger charge is 2.38. The number of hydrogen-bond acceptors (Lipinski definition) is 2. The molecule has 0 saturated heterocycles. The molecular formula is C20H21NO. The predicted octanol–water partition coefficient (Wildman–Crippen LogP) is 4.83. The molecule has 22 heavy (non-hydrogen) atoms. The highest BCUT2D eigenvalue weighted by Crippen LogP contribution is 2.51. The molecule has 0 bridgehead atoms. The summed E-state index contributed by atoms with van der Waals surface area (Å²) in [5.74, 6) is 2.04. The summed E-state index contributed by atoms with van der Waals surface area (Å²) in [5, 5.41) is 3.77. The Morgan fingerprint density at radius 1 is 1.09 bits per heavy atom. The van der Waals surface area contributed by atoms with Crippen LogP contribution in [0.5, 0.6) is 5.75 Å². The molecule has 1 heterocycles. The van der Waals surface area contributed by atoms with Crippen molar-refractivity contribution in [2.45, 2.75) is 25.3 Å². The van der Waals surface area contributed by atoms with Gasteiger partial charge in [0.15, 0.2) is 0 Å². The first-order chi connectivity index (χ1) is 10.8. The van der Waals surface area contributed by atoms with E-state index < -0.39 is 0 Å². The number of aryl methyl sites for hydroxylation is 1. The van der Waals surface area contributed by atoms with Gasteiger partial charge in [-0.3, -0.25) is 0 Å². The van der Waals surface area contributed by atoms with E-state index in [2.05, 4.69) is 60.8 Å². The van der Waals surface area contributed by atoms with Crippen LogP contribution in [0.25, 0.3) is 0 Å². The molecule has 2 heteroatoms. The molecule has 112 valence electrons. The van der Waals surface area contributed by atoms with Crippen molar-refractivity contribution >= 4 is 5.69 Å². The third-order valence-corrected chi connectivity index (χ3v) is 4.99. The molecule has 3 unspecified atom stereocenters. The second-order valence-corrected chi connectivity index (χ2v) is 6.31. The molecule has 4 rings (SSSR count). The van der Waals surface area contributed by atoms with Gasteiger partial charge in [0.1, 0.15) is 5.75 Å². The van der Waals surface area contributed by atoms with Crippen LogP contribution < -0.4 is 10.1 Å². The lowest BCUT2D eigenvalue weighted by atomic mass is 9.76. The van der Waals surface area contributed by atoms with Crippen LogP contribution in [0.1, 0.15) is 35.1 Å². The fourth-order valence-corrected chi connectivity index (χ4v) is 3.95. The first-order valence-electron chi connectivity index (χ1n) is 7.94. The molecule has 0 fully saturated rings. The van der Waals surface area contributed by atoms with Gasteiger partial charge in [-0.15, -0.1) is 0 Å². The van der Waals surface area contributed by atoms with Crippen LogP contribution >= 0.6 is 0 Å². The highest BCUT2D eigenvalue weighted by atomic mass is 16.5. The van der Waals surface area contributed by atoms with Crippen molar-refractivity contribution in [3.63, 3.8) is 0 Å². The number of ether oxygens (including phenoxy) is 1. The Labute approximate surface area is 131 Å². The van der Waals surface area contributed by atoms with Crippen LogP contribution in [0.15, 0.2) is 54.6 Å². The van der Waals surface area contributed by atoms with Crippen LogP contribution in [0.4, 0.5) is 5.69 Å². The quantitative estimate of drug-likeness (QED) is 0.800. The molecule has 1 aliphatic carbocycles. The van der Waals surface area contributed by atoms with Crippen LogP contribution in [0.2, 0.25) is 0 Å². The van der Waals surface area contributed by atoms with Gasteiger partial charge >= 0.3 is 0 Å². The van der Waals surface area contributed by atoms with Crippen molar-refractivity contribution in [1.29, 1.82) is 0 Å². The van der Waals surface area contributed by atoms with Crippen LogP contribution in [-0.4, -0.2) is 7.11 Å². The topological polar surface area (TPSA) is 21.3 Å². The number of rotatable bonds is 2. The summed E-state index contributed by atoms with van der Waals surface area (Å²) >= 11 is 0. The Bertz CT molecular complexity index is 734. The maximum absolute atomic E-state index is 5.59. The zero-order chi connectivity index (χ0) is 15.1. The minimum atomic E-state index is 0.298. The van der Waals surface area contributed by atoms with Crippen LogP contribution in [0, 0.1) is 12.8 Å². The van der Waals surface area contributed by atoms with Gasteiger partial charge in [0.05, 0.1) is 13.2 Å². The summed E-state index contributed by atoms with van der Waals surface area (Å²) in [6.07, 6.45) is 5.83. The second kappa shape index (κ2) is 5.20. The summed E-state index contributed by atoms with van der Waals surface area (Å²) in [6, 6.07) is 15.4. The lowest BCUT2D eigenvalue weighted by Crippen LogP contribution is -2.29. The van der Waals surface area contributed by atoms with Gasteiger partial charge < -0.3 is 10.1 Å². The average Bonchev–Trinajstić information content (AvgIpc) is 3.04. The summed E-state index contributed by atoms with van der Waals surface area (Å²) in [6.45, 7) is 2.17. The summed E-state index contributed by atoms with van der Waals surface area (Å²) in [7, 11) is 1.75. The third-order valence-electron chi connectivity index (χ3n) is 4.99. The largest absolute Gasteiger partial charge is 0.496 e. The number of para-hydroxylation sites is 1. The van der Waals surface area contributed by atoms with Gasteiger partial charge in [-0.2, -0.15) is 0 Å². The molecule has 0 saturated carbocycles. The maximum Gasteiger partial charge on any atom is 0.124 e. The molecule has 1 aliphatic heterocycles. The predicted molar refractivity (Wildman–Crippen MR) is 90.5 cm³/mol. The first-order valence-corrected chi connectivity index (χ1v) is 7.94. The molecule has 1 N–H and O–H groups in total. The number of hydrogen-bond donors (Lipinski definition) is 1. The molecule has 0 spiro atoms. The molecule has 2 aliphatic rings. The van der Waals surface area contributed by atoms with Crippen molar-refractivity contribution in [3.8, 4) is 5.75 Å². The standard InChI is InChI=1S/C20H21NO/c1-13-10-11-18-17(12-13)14-7-5-8-15(14)20(21-18)16-6-3-4-9-19(16)22-2/h3-7,9-12,14-15,20-21H,8H2,1-2H3. The Morgan fingerprint density at radius 3 is 2.82 bits per heavy atom. The summed E-state index contributed by atoms with van der Waals surface area (Å²) in [4.78, 5) is 0. The zero-order valence-electron chi connectivity index (χ0n) is 13.0. The molecule has 0 aromatic heterocycles. The van der Waals surface area contributed by atoms with Crippen molar-refractivity contribution in [3.05, 3.63) is 71.3 Å². The average molecular weight is 291 g/mol. The number of nitrogens with one attached hydrogen (secondary N) is 1. The molecular weight excluding hydrogens is 270 g/mol. The lowest BCUT2D eigenvalue weighted by Gasteiger charge is -2.38. The highest BCUT2D eigenvalue weighted by molar-refractivity contribution is 5.61. The molecule has 0 amide bonds. The van der Waals surface area contributed by atoms with E-state index >= 15 is 0 Å². The lowest BCUT2D eigenvalue weighted by molar-refractivity contribution is 0.381. The molecule has 2 aromatic carbocycles. The van der Waals surface area contributed by atoms with Gasteiger partial charge in [0.2, 0.25) is 0 Å². The molecule has 3 atom stereocenters. The van der Waals surface area contributed by atoms with Crippen molar-refractivity contribution < 1.29 is 4.74 Å². The van der Waals surface area contributed by atoms with E-state index in [-0.39, 0.29) is 0 Å². The number of benzene rings is 2. The summed E-state index contributed by atoms with van der Waals surface area (Å²) < 4.78 is 5.59. The van der Waals surface area contributed by atoms with E-state index in [0.29, 0.717) is 17.9 Å². The molecule has 2 nitrogen and oxygen atoms in total. The minimum absolute atomic E-state index is 0.298. The molecule has 0 radical (unpaired) electrons. The fourth-order valence-electron chi connectivity index (χ4n) is 3.95. The Hall–Kier alpha value is -2.22. The normalized spacial score (nSPS) is 25.3. The number of anilines is 1. The Balaban J connectivity index is 1.81.